The molecule has 8 heteroatoms. The molecule has 1 aromatic carbocycles. The molecule has 1 unspecified atom stereocenters. The number of piperazine rings is 1. The van der Waals surface area contributed by atoms with Gasteiger partial charge in [0.2, 0.25) is 11.8 Å². The van der Waals surface area contributed by atoms with Crippen LogP contribution in [0.1, 0.15) is 85.9 Å². The normalized spacial score (nSPS) is 14.6. The van der Waals surface area contributed by atoms with E-state index < -0.39 is 0 Å². The van der Waals surface area contributed by atoms with Crippen molar-refractivity contribution in [3.8, 4) is 0 Å². The van der Waals surface area contributed by atoms with Crippen molar-refractivity contribution in [2.75, 3.05) is 45.8 Å². The molecular formula is C30H54N6O2. The molecule has 0 saturated carbocycles. The predicted octanol–water partition coefficient (Wildman–Crippen LogP) is 4.86. The lowest BCUT2D eigenvalue weighted by molar-refractivity contribution is -0.130. The molecule has 3 rings (SSSR count). The third-order valence-corrected chi connectivity index (χ3v) is 6.92. The molecule has 1 aromatic heterocycles. The molecule has 8 nitrogen and oxygen atoms in total. The third-order valence-electron chi connectivity index (χ3n) is 6.92. The van der Waals surface area contributed by atoms with E-state index in [-0.39, 0.29) is 11.8 Å². The van der Waals surface area contributed by atoms with Gasteiger partial charge in [0.1, 0.15) is 0 Å². The smallest absolute Gasteiger partial charge is 0.219 e. The Labute approximate surface area is 231 Å². The van der Waals surface area contributed by atoms with Gasteiger partial charge in [0, 0.05) is 70.6 Å². The molecule has 1 aliphatic heterocycles. The number of amides is 2. The first kappa shape index (κ1) is 33.6. The van der Waals surface area contributed by atoms with Gasteiger partial charge in [-0.3, -0.25) is 24.1 Å². The first-order valence-corrected chi connectivity index (χ1v) is 14.4. The Bertz CT molecular complexity index is 945. The molecule has 2 heterocycles. The van der Waals surface area contributed by atoms with Crippen molar-refractivity contribution < 1.29 is 9.59 Å². The van der Waals surface area contributed by atoms with Crippen LogP contribution in [0.4, 0.5) is 0 Å². The highest BCUT2D eigenvalue weighted by molar-refractivity contribution is 5.81. The van der Waals surface area contributed by atoms with Gasteiger partial charge in [-0.2, -0.15) is 5.10 Å². The van der Waals surface area contributed by atoms with Crippen LogP contribution >= 0.6 is 0 Å². The fourth-order valence-electron chi connectivity index (χ4n) is 4.72. The van der Waals surface area contributed by atoms with Gasteiger partial charge in [-0.15, -0.1) is 0 Å². The Morgan fingerprint density at radius 3 is 2.13 bits per heavy atom. The van der Waals surface area contributed by atoms with E-state index >= 15 is 0 Å². The molecule has 38 heavy (non-hydrogen) atoms. The zero-order valence-electron chi connectivity index (χ0n) is 25.4. The minimum absolute atomic E-state index is 0.218. The standard InChI is InChI=1S/C17H35N3O.C11H14N2.C2H5NO/c1-5-7-8-16(3)19(9-6-2)13-10-18-11-14-20(15-12-18)17(4)21;1-8(2)13-11-7-5-4-6-10(11)9(3)12-13;1-2(3)4/h16H,5-15H2,1-4H3;4-8H,1-3H3;1H3,(H2,3,4). The molecule has 2 N–H and O–H groups in total. The highest BCUT2D eigenvalue weighted by atomic mass is 16.2. The Hall–Kier alpha value is -2.45. The first-order valence-electron chi connectivity index (χ1n) is 14.4. The second-order valence-corrected chi connectivity index (χ2v) is 10.6. The largest absolute Gasteiger partial charge is 0.370 e. The number of nitrogens with two attached hydrogens (primary N) is 1. The number of hydrogen-bond acceptors (Lipinski definition) is 5. The Kier molecular flexibility index (Phi) is 15.9. The van der Waals surface area contributed by atoms with Gasteiger partial charge >= 0.3 is 0 Å². The van der Waals surface area contributed by atoms with Crippen molar-refractivity contribution in [3.05, 3.63) is 30.0 Å². The van der Waals surface area contributed by atoms with Crippen molar-refractivity contribution in [3.63, 3.8) is 0 Å². The summed E-state index contributed by atoms with van der Waals surface area (Å²) >= 11 is 0. The summed E-state index contributed by atoms with van der Waals surface area (Å²) in [5, 5.41) is 5.77. The van der Waals surface area contributed by atoms with E-state index in [0.717, 1.165) is 38.4 Å². The van der Waals surface area contributed by atoms with Gasteiger partial charge < -0.3 is 10.6 Å². The van der Waals surface area contributed by atoms with Crippen molar-refractivity contribution in [2.24, 2.45) is 5.73 Å². The van der Waals surface area contributed by atoms with Gasteiger partial charge in [0.25, 0.3) is 0 Å². The summed E-state index contributed by atoms with van der Waals surface area (Å²) in [6.07, 6.45) is 5.17. The number of primary amides is 1. The Morgan fingerprint density at radius 2 is 1.61 bits per heavy atom. The van der Waals surface area contributed by atoms with Crippen molar-refractivity contribution in [2.45, 2.75) is 93.2 Å². The minimum Gasteiger partial charge on any atom is -0.370 e. The van der Waals surface area contributed by atoms with Crippen molar-refractivity contribution in [1.29, 1.82) is 0 Å². The zero-order chi connectivity index (χ0) is 28.7. The maximum absolute atomic E-state index is 11.3. The second kappa shape index (κ2) is 17.9. The SMILES string of the molecule is CC(N)=O.CCCCC(C)N(CCC)CCN1CCN(C(C)=O)CC1.Cc1nn(C(C)C)c2ccccc12. The average Bonchev–Trinajstić information content (AvgIpc) is 3.22. The molecule has 1 atom stereocenters. The van der Waals surface area contributed by atoms with Crippen LogP contribution in [-0.4, -0.2) is 88.1 Å². The van der Waals surface area contributed by atoms with E-state index in [1.165, 1.54) is 56.6 Å². The topological polar surface area (TPSA) is 87.7 Å². The predicted molar refractivity (Wildman–Crippen MR) is 159 cm³/mol. The molecular weight excluding hydrogens is 476 g/mol. The van der Waals surface area contributed by atoms with Crippen LogP contribution in [0.15, 0.2) is 24.3 Å². The summed E-state index contributed by atoms with van der Waals surface area (Å²) in [5.74, 6) is -0.115. The number of carbonyl (C=O) groups is 2. The molecule has 0 aliphatic carbocycles. The molecule has 1 aliphatic rings. The first-order chi connectivity index (χ1) is 18.0. The summed E-state index contributed by atoms with van der Waals surface area (Å²) in [6, 6.07) is 9.48. The zero-order valence-corrected chi connectivity index (χ0v) is 25.4. The van der Waals surface area contributed by atoms with Crippen LogP contribution in [-0.2, 0) is 9.59 Å². The van der Waals surface area contributed by atoms with E-state index in [4.69, 9.17) is 0 Å². The van der Waals surface area contributed by atoms with Crippen LogP contribution in [0, 0.1) is 6.92 Å². The van der Waals surface area contributed by atoms with Crippen molar-refractivity contribution >= 4 is 22.7 Å². The molecule has 2 amide bonds. The molecule has 0 bridgehead atoms. The average molecular weight is 531 g/mol. The van der Waals surface area contributed by atoms with Crippen LogP contribution in [0.5, 0.6) is 0 Å². The monoisotopic (exact) mass is 530 g/mol. The fraction of sp³-hybridized carbons (Fsp3) is 0.700. The molecule has 216 valence electrons. The third kappa shape index (κ3) is 11.9. The molecule has 0 spiro atoms. The van der Waals surface area contributed by atoms with E-state index in [0.29, 0.717) is 12.1 Å². The second-order valence-electron chi connectivity index (χ2n) is 10.6. The maximum atomic E-state index is 11.3. The minimum atomic E-state index is -0.333. The molecule has 1 fully saturated rings. The number of aromatic nitrogens is 2. The van der Waals surface area contributed by atoms with E-state index in [1.807, 2.05) is 4.90 Å². The number of para-hydroxylation sites is 1. The number of unbranched alkanes of at least 4 members (excludes halogenated alkanes) is 1. The number of carbonyl (C=O) groups excluding carboxylic acids is 2. The van der Waals surface area contributed by atoms with Gasteiger partial charge in [0.15, 0.2) is 0 Å². The summed E-state index contributed by atoms with van der Waals surface area (Å²) in [6.45, 7) is 23.6. The van der Waals surface area contributed by atoms with E-state index in [9.17, 15) is 9.59 Å². The fourth-order valence-corrected chi connectivity index (χ4v) is 4.72. The summed E-state index contributed by atoms with van der Waals surface area (Å²) in [4.78, 5) is 27.7. The van der Waals surface area contributed by atoms with Crippen LogP contribution < -0.4 is 5.73 Å². The molecule has 1 saturated heterocycles. The lowest BCUT2D eigenvalue weighted by Gasteiger charge is -2.36. The summed E-state index contributed by atoms with van der Waals surface area (Å²) in [7, 11) is 0. The van der Waals surface area contributed by atoms with Crippen LogP contribution in [0.25, 0.3) is 10.9 Å². The van der Waals surface area contributed by atoms with E-state index in [1.54, 1.807) is 6.92 Å². The number of hydrogen-bond donors (Lipinski definition) is 1. The quantitative estimate of drug-likeness (QED) is 0.474. The van der Waals surface area contributed by atoms with Crippen LogP contribution in [0.2, 0.25) is 0 Å². The number of fused-ring (bicyclic) bond motifs is 1. The van der Waals surface area contributed by atoms with Crippen molar-refractivity contribution in [1.82, 2.24) is 24.5 Å². The van der Waals surface area contributed by atoms with Gasteiger partial charge in [0.05, 0.1) is 11.2 Å². The Balaban J connectivity index is 0.000000358. The van der Waals surface area contributed by atoms with Crippen LogP contribution in [0.3, 0.4) is 0 Å². The number of aryl methyl sites for hydroxylation is 1. The van der Waals surface area contributed by atoms with Gasteiger partial charge in [-0.25, -0.2) is 0 Å². The van der Waals surface area contributed by atoms with Gasteiger partial charge in [-0.1, -0.05) is 44.9 Å². The lowest BCUT2D eigenvalue weighted by Crippen LogP contribution is -2.50. The summed E-state index contributed by atoms with van der Waals surface area (Å²) in [5.41, 5.74) is 6.82. The molecule has 2 aromatic rings. The number of rotatable bonds is 10. The maximum Gasteiger partial charge on any atom is 0.219 e. The highest BCUT2D eigenvalue weighted by Crippen LogP contribution is 2.20. The Morgan fingerprint density at radius 1 is 1.00 bits per heavy atom. The summed E-state index contributed by atoms with van der Waals surface area (Å²) < 4.78 is 2.07. The number of nitrogens with zero attached hydrogens (tertiary/aromatic N) is 5. The number of benzene rings is 1. The van der Waals surface area contributed by atoms with E-state index in [2.05, 4.69) is 91.1 Å². The lowest BCUT2D eigenvalue weighted by atomic mass is 10.1. The van der Waals surface area contributed by atoms with Gasteiger partial charge in [-0.05, 0) is 53.1 Å². The highest BCUT2D eigenvalue weighted by Gasteiger charge is 2.20. The molecule has 0 radical (unpaired) electrons.